The number of benzene rings is 1. The third kappa shape index (κ3) is 5.06. The molecule has 196 valence electrons. The second-order valence-electron chi connectivity index (χ2n) is 10.8. The monoisotopic (exact) mass is 525 g/mol. The number of aryl methyl sites for hydroxylation is 1. The molecule has 4 atom stereocenters. The van der Waals surface area contributed by atoms with E-state index >= 15 is 0 Å². The molecule has 0 aliphatic heterocycles. The Hall–Kier alpha value is -3.07. The average Bonchev–Trinajstić information content (AvgIpc) is 3.19. The lowest BCUT2D eigenvalue weighted by molar-refractivity contribution is -0.117. The molecule has 1 aromatic carbocycles. The van der Waals surface area contributed by atoms with E-state index in [1.807, 2.05) is 16.9 Å². The van der Waals surface area contributed by atoms with Gasteiger partial charge < -0.3 is 5.32 Å². The van der Waals surface area contributed by atoms with Gasteiger partial charge in [-0.05, 0) is 95.7 Å². The van der Waals surface area contributed by atoms with Gasteiger partial charge in [0, 0.05) is 25.2 Å². The van der Waals surface area contributed by atoms with E-state index in [1.54, 1.807) is 12.3 Å². The summed E-state index contributed by atoms with van der Waals surface area (Å²) in [6, 6.07) is 7.61. The first-order chi connectivity index (χ1) is 17.6. The average molecular weight is 526 g/mol. The lowest BCUT2D eigenvalue weighted by Crippen LogP contribution is -2.40. The molecule has 0 bridgehead atoms. The summed E-state index contributed by atoms with van der Waals surface area (Å²) >= 11 is 0. The van der Waals surface area contributed by atoms with Crippen molar-refractivity contribution >= 4 is 33.1 Å². The predicted molar refractivity (Wildman–Crippen MR) is 139 cm³/mol. The standard InChI is InChI=1S/C28H32FN3O4S/c1-17(33)32-37(35,36)12-10-27(34)31-21-4-6-22-18(14-21)3-5-24-23(22)9-11-28(2)25(7-8-26(24)28)19-13-20(29)16-30-15-19/h4,6-7,13-16,23-24,26H,3,5,8-12H2,1-2H3,(H,31,34)(H,32,33)/t23?,24?,26?,28-/m1/s1. The molecule has 1 heterocycles. The zero-order chi connectivity index (χ0) is 26.4. The van der Waals surface area contributed by atoms with E-state index in [0.717, 1.165) is 44.6 Å². The van der Waals surface area contributed by atoms with Crippen molar-refractivity contribution in [2.75, 3.05) is 11.1 Å². The van der Waals surface area contributed by atoms with Gasteiger partial charge in [0.2, 0.25) is 21.8 Å². The Morgan fingerprint density at radius 3 is 2.76 bits per heavy atom. The number of halogens is 1. The largest absolute Gasteiger partial charge is 0.326 e. The molecule has 7 nitrogen and oxygen atoms in total. The van der Waals surface area contributed by atoms with Crippen molar-refractivity contribution in [3.8, 4) is 0 Å². The van der Waals surface area contributed by atoms with E-state index < -0.39 is 27.6 Å². The third-order valence-electron chi connectivity index (χ3n) is 8.50. The van der Waals surface area contributed by atoms with Gasteiger partial charge in [0.25, 0.3) is 0 Å². The number of rotatable bonds is 6. The highest BCUT2D eigenvalue weighted by molar-refractivity contribution is 7.90. The minimum absolute atomic E-state index is 0.0135. The van der Waals surface area contributed by atoms with E-state index in [9.17, 15) is 22.4 Å². The molecule has 2 N–H and O–H groups in total. The van der Waals surface area contributed by atoms with E-state index in [1.165, 1.54) is 22.9 Å². The summed E-state index contributed by atoms with van der Waals surface area (Å²) in [5.74, 6) is -0.340. The number of pyridine rings is 1. The fraction of sp³-hybridized carbons (Fsp3) is 0.464. The highest BCUT2D eigenvalue weighted by Crippen LogP contribution is 2.63. The molecule has 0 radical (unpaired) electrons. The second kappa shape index (κ2) is 9.67. The van der Waals surface area contributed by atoms with Gasteiger partial charge >= 0.3 is 0 Å². The van der Waals surface area contributed by atoms with E-state index in [0.29, 0.717) is 23.4 Å². The second-order valence-corrected chi connectivity index (χ2v) is 12.6. The van der Waals surface area contributed by atoms with Crippen LogP contribution < -0.4 is 10.0 Å². The number of nitrogens with one attached hydrogen (secondary N) is 2. The van der Waals surface area contributed by atoms with Crippen molar-refractivity contribution in [2.45, 2.75) is 58.3 Å². The number of amides is 2. The SMILES string of the molecule is CC(=O)NS(=O)(=O)CCC(=O)Nc1ccc2c(c1)CCC1C2CC[C@]2(C)C(c3cncc(F)c3)=CCC12. The summed E-state index contributed by atoms with van der Waals surface area (Å²) < 4.78 is 39.4. The Morgan fingerprint density at radius 2 is 2.00 bits per heavy atom. The number of allylic oxidation sites excluding steroid dienone is 2. The molecule has 2 amide bonds. The van der Waals surface area contributed by atoms with Crippen LogP contribution in [0, 0.1) is 23.1 Å². The van der Waals surface area contributed by atoms with Crippen molar-refractivity contribution in [1.82, 2.24) is 9.71 Å². The van der Waals surface area contributed by atoms with Crippen LogP contribution in [-0.2, 0) is 26.0 Å². The Labute approximate surface area is 217 Å². The lowest BCUT2D eigenvalue weighted by Gasteiger charge is -2.50. The molecule has 5 rings (SSSR count). The molecule has 0 saturated heterocycles. The van der Waals surface area contributed by atoms with E-state index in [2.05, 4.69) is 29.4 Å². The van der Waals surface area contributed by atoms with Gasteiger partial charge in [-0.1, -0.05) is 19.1 Å². The third-order valence-corrected chi connectivity index (χ3v) is 9.84. The summed E-state index contributed by atoms with van der Waals surface area (Å²) in [6.07, 6.45) is 10.1. The fourth-order valence-electron chi connectivity index (χ4n) is 6.95. The molecule has 1 fully saturated rings. The molecule has 3 aliphatic rings. The topological polar surface area (TPSA) is 105 Å². The number of sulfonamides is 1. The molecule has 3 unspecified atom stereocenters. The summed E-state index contributed by atoms with van der Waals surface area (Å²) in [5.41, 5.74) is 5.36. The quantitative estimate of drug-likeness (QED) is 0.575. The number of hydrogen-bond acceptors (Lipinski definition) is 5. The lowest BCUT2D eigenvalue weighted by atomic mass is 9.54. The van der Waals surface area contributed by atoms with Crippen LogP contribution in [0.1, 0.15) is 68.6 Å². The summed E-state index contributed by atoms with van der Waals surface area (Å²) in [5, 5.41) is 2.80. The van der Waals surface area contributed by atoms with E-state index in [4.69, 9.17) is 0 Å². The first-order valence-corrected chi connectivity index (χ1v) is 14.5. The minimum Gasteiger partial charge on any atom is -0.326 e. The molecule has 2 aromatic rings. The molecule has 1 saturated carbocycles. The molecular weight excluding hydrogens is 493 g/mol. The van der Waals surface area contributed by atoms with Gasteiger partial charge in [0.15, 0.2) is 0 Å². The first-order valence-electron chi connectivity index (χ1n) is 12.8. The molecular formula is C28H32FN3O4S. The van der Waals surface area contributed by atoms with Crippen LogP contribution in [0.4, 0.5) is 10.1 Å². The van der Waals surface area contributed by atoms with Crippen LogP contribution >= 0.6 is 0 Å². The summed E-state index contributed by atoms with van der Waals surface area (Å²) in [7, 11) is -3.82. The van der Waals surface area contributed by atoms with Crippen molar-refractivity contribution in [3.63, 3.8) is 0 Å². The first kappa shape index (κ1) is 25.6. The number of anilines is 1. The van der Waals surface area contributed by atoms with Crippen molar-refractivity contribution in [3.05, 3.63) is 65.2 Å². The molecule has 1 aromatic heterocycles. The summed E-state index contributed by atoms with van der Waals surface area (Å²) in [6.45, 7) is 3.45. The predicted octanol–water partition coefficient (Wildman–Crippen LogP) is 4.56. The number of hydrogen-bond donors (Lipinski definition) is 2. The van der Waals surface area contributed by atoms with Crippen LogP contribution in [0.15, 0.2) is 42.7 Å². The number of carbonyl (C=O) groups excluding carboxylic acids is 2. The Bertz CT molecular complexity index is 1390. The minimum atomic E-state index is -3.82. The van der Waals surface area contributed by atoms with Crippen LogP contribution in [-0.4, -0.2) is 31.0 Å². The zero-order valence-corrected chi connectivity index (χ0v) is 21.9. The zero-order valence-electron chi connectivity index (χ0n) is 21.1. The van der Waals surface area contributed by atoms with Crippen molar-refractivity contribution in [2.24, 2.45) is 17.3 Å². The van der Waals surface area contributed by atoms with Crippen molar-refractivity contribution < 1.29 is 22.4 Å². The smallest absolute Gasteiger partial charge is 0.235 e. The van der Waals surface area contributed by atoms with Gasteiger partial charge in [-0.25, -0.2) is 12.8 Å². The Kier molecular flexibility index (Phi) is 6.68. The maximum atomic E-state index is 13.9. The number of nitrogens with zero attached hydrogens (tertiary/aromatic N) is 1. The fourth-order valence-corrected chi connectivity index (χ4v) is 7.95. The number of fused-ring (bicyclic) bond motifs is 5. The van der Waals surface area contributed by atoms with Gasteiger partial charge in [-0.2, -0.15) is 0 Å². The van der Waals surface area contributed by atoms with Crippen LogP contribution in [0.2, 0.25) is 0 Å². The number of carbonyl (C=O) groups is 2. The van der Waals surface area contributed by atoms with Crippen molar-refractivity contribution in [1.29, 1.82) is 0 Å². The molecule has 37 heavy (non-hydrogen) atoms. The Morgan fingerprint density at radius 1 is 1.19 bits per heavy atom. The van der Waals surface area contributed by atoms with Gasteiger partial charge in [-0.15, -0.1) is 0 Å². The van der Waals surface area contributed by atoms with Crippen LogP contribution in [0.3, 0.4) is 0 Å². The molecule has 0 spiro atoms. The summed E-state index contributed by atoms with van der Waals surface area (Å²) in [4.78, 5) is 27.4. The van der Waals surface area contributed by atoms with Crippen LogP contribution in [0.25, 0.3) is 5.57 Å². The number of aromatic nitrogens is 1. The highest BCUT2D eigenvalue weighted by atomic mass is 32.2. The van der Waals surface area contributed by atoms with Gasteiger partial charge in [-0.3, -0.25) is 19.3 Å². The Balaban J connectivity index is 1.27. The maximum absolute atomic E-state index is 13.9. The van der Waals surface area contributed by atoms with Crippen LogP contribution in [0.5, 0.6) is 0 Å². The van der Waals surface area contributed by atoms with Gasteiger partial charge in [0.05, 0.1) is 11.9 Å². The maximum Gasteiger partial charge on any atom is 0.235 e. The molecule has 3 aliphatic carbocycles. The molecule has 9 heteroatoms. The van der Waals surface area contributed by atoms with Gasteiger partial charge in [0.1, 0.15) is 5.82 Å². The highest BCUT2D eigenvalue weighted by Gasteiger charge is 2.52. The van der Waals surface area contributed by atoms with E-state index in [-0.39, 0.29) is 17.7 Å². The normalized spacial score (nSPS) is 26.4.